The van der Waals surface area contributed by atoms with Gasteiger partial charge in [0.25, 0.3) is 0 Å². The average molecular weight is 1180 g/mol. The lowest BCUT2D eigenvalue weighted by Gasteiger charge is -2.29. The molecule has 0 unspecified atom stereocenters. The van der Waals surface area contributed by atoms with Crippen molar-refractivity contribution in [2.75, 3.05) is 25.1 Å². The molecule has 9 amide bonds. The number of hydrogen-bond donors (Lipinski definition) is 16. The molecule has 28 nitrogen and oxygen atoms in total. The minimum atomic E-state index is -1.65. The van der Waals surface area contributed by atoms with Crippen LogP contribution in [0, 0.1) is 17.8 Å². The third-order valence-electron chi connectivity index (χ3n) is 12.5. The summed E-state index contributed by atoms with van der Waals surface area (Å²) >= 11 is 1.35. The van der Waals surface area contributed by atoms with Crippen molar-refractivity contribution in [3.63, 3.8) is 0 Å². The molecule has 0 heterocycles. The molecule has 0 aromatic rings. The van der Waals surface area contributed by atoms with E-state index in [2.05, 4.69) is 47.9 Å². The van der Waals surface area contributed by atoms with Gasteiger partial charge in [0, 0.05) is 12.8 Å². The van der Waals surface area contributed by atoms with Crippen molar-refractivity contribution in [1.82, 2.24) is 47.9 Å². The molecular formula is C52H94N12O16S. The van der Waals surface area contributed by atoms with Crippen molar-refractivity contribution in [2.45, 2.75) is 212 Å². The Morgan fingerprint density at radius 2 is 0.753 bits per heavy atom. The Morgan fingerprint density at radius 3 is 1.11 bits per heavy atom. The van der Waals surface area contributed by atoms with Crippen molar-refractivity contribution < 1.29 is 78.0 Å². The molecule has 11 atom stereocenters. The molecule has 0 aromatic heterocycles. The number of thioether (sulfide) groups is 1. The Labute approximate surface area is 479 Å². The predicted molar refractivity (Wildman–Crippen MR) is 301 cm³/mol. The summed E-state index contributed by atoms with van der Waals surface area (Å²) in [4.78, 5) is 159. The normalized spacial score (nSPS) is 15.4. The molecule has 0 bridgehead atoms. The molecule has 0 aromatic carbocycles. The lowest BCUT2D eigenvalue weighted by molar-refractivity contribution is -0.143. The summed E-state index contributed by atoms with van der Waals surface area (Å²) < 4.78 is 0. The van der Waals surface area contributed by atoms with E-state index in [0.29, 0.717) is 31.6 Å². The highest BCUT2D eigenvalue weighted by molar-refractivity contribution is 7.98. The topological polar surface area (TPSA) is 472 Å². The molecule has 0 aliphatic carbocycles. The minimum Gasteiger partial charge on any atom is -0.481 e. The van der Waals surface area contributed by atoms with Gasteiger partial charge in [-0.05, 0) is 127 Å². The van der Waals surface area contributed by atoms with Crippen molar-refractivity contribution in [2.24, 2.45) is 35.0 Å². The van der Waals surface area contributed by atoms with Crippen molar-refractivity contribution in [3.05, 3.63) is 0 Å². The molecule has 0 aliphatic rings. The first-order valence-corrected chi connectivity index (χ1v) is 29.0. The van der Waals surface area contributed by atoms with Gasteiger partial charge in [-0.25, -0.2) is 4.79 Å². The van der Waals surface area contributed by atoms with E-state index in [4.69, 9.17) is 17.2 Å². The Bertz CT molecular complexity index is 2070. The molecule has 0 spiro atoms. The molecule has 464 valence electrons. The molecule has 0 saturated heterocycles. The van der Waals surface area contributed by atoms with E-state index in [1.54, 1.807) is 47.8 Å². The maximum atomic E-state index is 14.3. The van der Waals surface area contributed by atoms with Crippen molar-refractivity contribution >= 4 is 82.8 Å². The Morgan fingerprint density at radius 1 is 0.407 bits per heavy atom. The summed E-state index contributed by atoms with van der Waals surface area (Å²) in [5.41, 5.74) is 17.2. The van der Waals surface area contributed by atoms with Gasteiger partial charge in [-0.2, -0.15) is 11.8 Å². The molecule has 0 saturated carbocycles. The van der Waals surface area contributed by atoms with Crippen LogP contribution in [0.25, 0.3) is 0 Å². The fraction of sp³-hybridized carbons (Fsp3) is 0.769. The Balaban J connectivity index is 6.81. The maximum absolute atomic E-state index is 14.3. The van der Waals surface area contributed by atoms with Gasteiger partial charge in [-0.15, -0.1) is 0 Å². The summed E-state index contributed by atoms with van der Waals surface area (Å²) in [6.07, 6.45) is 0.0419. The van der Waals surface area contributed by atoms with Crippen LogP contribution in [-0.2, 0) is 57.5 Å². The van der Waals surface area contributed by atoms with E-state index < -0.39 is 163 Å². The highest BCUT2D eigenvalue weighted by Crippen LogP contribution is 2.14. The van der Waals surface area contributed by atoms with Crippen LogP contribution in [0.5, 0.6) is 0 Å². The third kappa shape index (κ3) is 31.6. The zero-order valence-electron chi connectivity index (χ0n) is 48.4. The summed E-state index contributed by atoms with van der Waals surface area (Å²) in [6.45, 7) is 13.5. The second-order valence-electron chi connectivity index (χ2n) is 21.4. The fourth-order valence-corrected chi connectivity index (χ4v) is 8.51. The summed E-state index contributed by atoms with van der Waals surface area (Å²) in [5, 5.41) is 61.8. The van der Waals surface area contributed by atoms with Gasteiger partial charge in [0.1, 0.15) is 54.4 Å². The number of aliphatic hydroxyl groups excluding tert-OH is 1. The Kier molecular flexibility index (Phi) is 37.0. The first kappa shape index (κ1) is 74.8. The smallest absolute Gasteiger partial charge is 0.326 e. The molecule has 29 heteroatoms. The highest BCUT2D eigenvalue weighted by atomic mass is 32.2. The zero-order valence-corrected chi connectivity index (χ0v) is 49.2. The van der Waals surface area contributed by atoms with E-state index in [1.165, 1.54) is 25.6 Å². The van der Waals surface area contributed by atoms with E-state index in [9.17, 15) is 78.0 Å². The van der Waals surface area contributed by atoms with Crippen molar-refractivity contribution in [3.8, 4) is 0 Å². The van der Waals surface area contributed by atoms with E-state index in [1.807, 2.05) is 0 Å². The third-order valence-corrected chi connectivity index (χ3v) is 13.1. The number of hydrogen-bond acceptors (Lipinski definition) is 17. The van der Waals surface area contributed by atoms with Gasteiger partial charge < -0.3 is 85.5 Å². The molecule has 0 rings (SSSR count). The van der Waals surface area contributed by atoms with Gasteiger partial charge in [0.2, 0.25) is 53.2 Å². The molecule has 19 N–H and O–H groups in total. The first-order chi connectivity index (χ1) is 37.9. The van der Waals surface area contributed by atoms with Gasteiger partial charge in [0.15, 0.2) is 0 Å². The number of aliphatic carboxylic acids is 3. The second-order valence-corrected chi connectivity index (χ2v) is 22.4. The van der Waals surface area contributed by atoms with Crippen LogP contribution in [0.2, 0.25) is 0 Å². The number of carboxylic acids is 3. The highest BCUT2D eigenvalue weighted by Gasteiger charge is 2.37. The van der Waals surface area contributed by atoms with Gasteiger partial charge in [-0.1, -0.05) is 48.0 Å². The number of carboxylic acid groups (broad SMARTS) is 3. The molecule has 0 fully saturated rings. The zero-order chi connectivity index (χ0) is 62.1. The predicted octanol–water partition coefficient (Wildman–Crippen LogP) is -1.96. The lowest BCUT2D eigenvalue weighted by atomic mass is 9.99. The van der Waals surface area contributed by atoms with E-state index in [-0.39, 0.29) is 69.2 Å². The molecular weight excluding hydrogens is 1080 g/mol. The second kappa shape index (κ2) is 40.1. The SMILES string of the molecule is CSCC[C@H](NC(=O)[C@@H](NC(=O)[C@H](CC(C)C)NC(=O)[C@H](CC(C)C)NC(=O)[C@H](CCCCN)NC(=O)[C@H](CCC(=O)O)NC(=O)[C@H](CC(C)C)NC(=O)[C@H](CCC(=O)O)NC(=O)[C@H](C)NC(=O)[C@@H](N)CCCCN)[C@@H](C)O)C(=O)O. The van der Waals surface area contributed by atoms with E-state index in [0.717, 1.165) is 0 Å². The standard InChI is InChI=1S/C52H94N12O16S/c1-27(2)24-37(62-47(74)34(16-18-40(66)67)57-43(70)30(7)56-44(71)32(55)14-10-12-21-53)48(75)59-35(17-19-41(68)69)46(73)58-33(15-11-13-22-54)45(72)61-38(25-28(3)4)49(76)63-39(26-29(5)6)50(77)64-42(31(8)65)51(78)60-36(52(79)80)20-23-81-9/h27-39,42,65H,10-26,53-55H2,1-9H3,(H,56,71)(H,57,70)(H,58,73)(H,59,75)(H,60,78)(H,61,72)(H,62,74)(H,63,76)(H,64,77)(H,66,67)(H,68,69)(H,79,80)/t30-,31+,32-,33-,34-,35-,36-,37-,38-,39-,42-/m0/s1. The van der Waals surface area contributed by atoms with Crippen LogP contribution in [0.15, 0.2) is 0 Å². The number of nitrogens with two attached hydrogens (primary N) is 3. The lowest BCUT2D eigenvalue weighted by Crippen LogP contribution is -2.61. The average Bonchev–Trinajstić information content (AvgIpc) is 3.37. The first-order valence-electron chi connectivity index (χ1n) is 27.6. The minimum absolute atomic E-state index is 0.00372. The van der Waals surface area contributed by atoms with Crippen LogP contribution >= 0.6 is 11.8 Å². The van der Waals surface area contributed by atoms with E-state index >= 15 is 0 Å². The maximum Gasteiger partial charge on any atom is 0.326 e. The number of aliphatic hydroxyl groups is 1. The number of rotatable bonds is 43. The van der Waals surface area contributed by atoms with Crippen LogP contribution in [-0.4, -0.2) is 183 Å². The molecule has 0 radical (unpaired) electrons. The largest absolute Gasteiger partial charge is 0.481 e. The summed E-state index contributed by atoms with van der Waals surface area (Å²) in [7, 11) is 0. The molecule has 81 heavy (non-hydrogen) atoms. The number of carbonyl (C=O) groups is 12. The van der Waals surface area contributed by atoms with Crippen LogP contribution < -0.4 is 65.1 Å². The number of unbranched alkanes of at least 4 members (excludes halogenated alkanes) is 2. The summed E-state index contributed by atoms with van der Waals surface area (Å²) in [6, 6.07) is -13.9. The quantitative estimate of drug-likeness (QED) is 0.0295. The molecule has 0 aliphatic heterocycles. The fourth-order valence-electron chi connectivity index (χ4n) is 8.04. The summed E-state index contributed by atoms with van der Waals surface area (Å²) in [5.74, 6) is -12.5. The van der Waals surface area contributed by atoms with Gasteiger partial charge >= 0.3 is 17.9 Å². The van der Waals surface area contributed by atoms with Gasteiger partial charge in [0.05, 0.1) is 12.1 Å². The van der Waals surface area contributed by atoms with Crippen LogP contribution in [0.4, 0.5) is 0 Å². The Hall–Kier alpha value is -6.17. The number of nitrogens with one attached hydrogen (secondary N) is 9. The monoisotopic (exact) mass is 1170 g/mol. The van der Waals surface area contributed by atoms with Gasteiger partial charge in [-0.3, -0.25) is 52.7 Å². The van der Waals surface area contributed by atoms with Crippen LogP contribution in [0.1, 0.15) is 145 Å². The van der Waals surface area contributed by atoms with Crippen LogP contribution in [0.3, 0.4) is 0 Å². The number of amides is 9. The number of carbonyl (C=O) groups excluding carboxylic acids is 9. The van der Waals surface area contributed by atoms with Crippen molar-refractivity contribution in [1.29, 1.82) is 0 Å².